The number of likely N-dealkylation sites (tertiary alicyclic amines) is 1. The largest absolute Gasteiger partial charge is 0.444 e. The molecule has 22 heavy (non-hydrogen) atoms. The van der Waals surface area contributed by atoms with Crippen LogP contribution < -0.4 is 0 Å². The number of amides is 1. The summed E-state index contributed by atoms with van der Waals surface area (Å²) in [5, 5.41) is 0. The molecule has 1 aromatic rings. The van der Waals surface area contributed by atoms with Crippen LogP contribution in [0, 0.1) is 12.7 Å². The maximum atomic E-state index is 13.4. The number of halogens is 1. The summed E-state index contributed by atoms with van der Waals surface area (Å²) in [6.07, 6.45) is 0.959. The van der Waals surface area contributed by atoms with Crippen LogP contribution in [-0.4, -0.2) is 36.0 Å². The van der Waals surface area contributed by atoms with E-state index in [-0.39, 0.29) is 12.4 Å². The molecule has 0 radical (unpaired) electrons. The van der Waals surface area contributed by atoms with E-state index in [1.807, 2.05) is 0 Å². The van der Waals surface area contributed by atoms with E-state index in [1.54, 1.807) is 44.7 Å². The molecule has 120 valence electrons. The predicted octanol–water partition coefficient (Wildman–Crippen LogP) is 3.21. The number of aryl methyl sites for hydroxylation is 1. The van der Waals surface area contributed by atoms with Gasteiger partial charge in [-0.05, 0) is 51.3 Å². The molecule has 0 spiro atoms. The second kappa shape index (κ2) is 5.71. The van der Waals surface area contributed by atoms with Gasteiger partial charge in [0.05, 0.1) is 5.41 Å². The molecule has 1 fully saturated rings. The Balaban J connectivity index is 2.21. The quantitative estimate of drug-likeness (QED) is 0.788. The lowest BCUT2D eigenvalue weighted by Crippen LogP contribution is -2.38. The SMILES string of the molecule is Cc1cc([C@]2(C=O)CCN(C(=O)OC(C)(C)C)C2)ccc1F. The van der Waals surface area contributed by atoms with E-state index in [0.717, 1.165) is 11.8 Å². The van der Waals surface area contributed by atoms with Crippen molar-refractivity contribution in [2.24, 2.45) is 0 Å². The Kier molecular flexibility index (Phi) is 4.27. The van der Waals surface area contributed by atoms with Crippen molar-refractivity contribution in [2.75, 3.05) is 13.1 Å². The zero-order chi connectivity index (χ0) is 16.5. The van der Waals surface area contributed by atoms with Crippen LogP contribution in [0.4, 0.5) is 9.18 Å². The molecule has 0 N–H and O–H groups in total. The molecule has 1 amide bonds. The number of rotatable bonds is 2. The summed E-state index contributed by atoms with van der Waals surface area (Å²) < 4.78 is 18.8. The van der Waals surface area contributed by atoms with Crippen LogP contribution in [0.3, 0.4) is 0 Å². The number of hydrogen-bond acceptors (Lipinski definition) is 3. The van der Waals surface area contributed by atoms with Crippen molar-refractivity contribution in [1.82, 2.24) is 4.90 Å². The van der Waals surface area contributed by atoms with Gasteiger partial charge >= 0.3 is 6.09 Å². The topological polar surface area (TPSA) is 46.6 Å². The summed E-state index contributed by atoms with van der Waals surface area (Å²) >= 11 is 0. The third-order valence-corrected chi connectivity index (χ3v) is 3.91. The van der Waals surface area contributed by atoms with E-state index in [1.165, 1.54) is 6.07 Å². The Labute approximate surface area is 130 Å². The summed E-state index contributed by atoms with van der Waals surface area (Å²) in [5.74, 6) is -0.299. The van der Waals surface area contributed by atoms with Crippen LogP contribution in [0.5, 0.6) is 0 Å². The normalized spacial score (nSPS) is 21.8. The smallest absolute Gasteiger partial charge is 0.410 e. The lowest BCUT2D eigenvalue weighted by atomic mass is 9.80. The van der Waals surface area contributed by atoms with Crippen molar-refractivity contribution < 1.29 is 18.7 Å². The van der Waals surface area contributed by atoms with Crippen molar-refractivity contribution in [3.05, 3.63) is 35.1 Å². The second-order valence-electron chi connectivity index (χ2n) is 6.89. The number of carbonyl (C=O) groups is 2. The van der Waals surface area contributed by atoms with Crippen molar-refractivity contribution >= 4 is 12.4 Å². The maximum Gasteiger partial charge on any atom is 0.410 e. The van der Waals surface area contributed by atoms with E-state index in [0.29, 0.717) is 18.5 Å². The Morgan fingerprint density at radius 3 is 2.64 bits per heavy atom. The highest BCUT2D eigenvalue weighted by atomic mass is 19.1. The minimum Gasteiger partial charge on any atom is -0.444 e. The fourth-order valence-electron chi connectivity index (χ4n) is 2.67. The van der Waals surface area contributed by atoms with Gasteiger partial charge in [-0.2, -0.15) is 0 Å². The van der Waals surface area contributed by atoms with Gasteiger partial charge in [0.25, 0.3) is 0 Å². The zero-order valence-corrected chi connectivity index (χ0v) is 13.5. The van der Waals surface area contributed by atoms with E-state index in [9.17, 15) is 14.0 Å². The van der Waals surface area contributed by atoms with Gasteiger partial charge in [0.15, 0.2) is 0 Å². The number of benzene rings is 1. The van der Waals surface area contributed by atoms with Gasteiger partial charge in [0.1, 0.15) is 17.7 Å². The van der Waals surface area contributed by atoms with Gasteiger partial charge < -0.3 is 14.4 Å². The molecular formula is C17H22FNO3. The van der Waals surface area contributed by atoms with Crippen LogP contribution >= 0.6 is 0 Å². The molecule has 2 rings (SSSR count). The Hall–Kier alpha value is -1.91. The summed E-state index contributed by atoms with van der Waals surface area (Å²) in [6, 6.07) is 4.67. The number of ether oxygens (including phenoxy) is 1. The van der Waals surface area contributed by atoms with Crippen molar-refractivity contribution in [2.45, 2.75) is 45.1 Å². The molecule has 1 aliphatic heterocycles. The monoisotopic (exact) mass is 307 g/mol. The standard InChI is InChI=1S/C17H22FNO3/c1-12-9-13(5-6-14(12)18)17(11-20)7-8-19(10-17)15(21)22-16(2,3)4/h5-6,9,11H,7-8,10H2,1-4H3/t17-/m1/s1. The highest BCUT2D eigenvalue weighted by Gasteiger charge is 2.42. The molecule has 0 bridgehead atoms. The number of hydrogen-bond donors (Lipinski definition) is 0. The molecule has 0 unspecified atom stereocenters. The predicted molar refractivity (Wildman–Crippen MR) is 81.3 cm³/mol. The average molecular weight is 307 g/mol. The number of aldehydes is 1. The molecule has 1 aliphatic rings. The average Bonchev–Trinajstić information content (AvgIpc) is 2.86. The van der Waals surface area contributed by atoms with Gasteiger partial charge in [-0.15, -0.1) is 0 Å². The lowest BCUT2D eigenvalue weighted by molar-refractivity contribution is -0.112. The van der Waals surface area contributed by atoms with E-state index >= 15 is 0 Å². The first-order chi connectivity index (χ1) is 10.2. The molecule has 0 aromatic heterocycles. The van der Waals surface area contributed by atoms with E-state index in [2.05, 4.69) is 0 Å². The van der Waals surface area contributed by atoms with Gasteiger partial charge in [-0.25, -0.2) is 9.18 Å². The first-order valence-electron chi connectivity index (χ1n) is 7.38. The summed E-state index contributed by atoms with van der Waals surface area (Å²) in [6.45, 7) is 7.78. The van der Waals surface area contributed by atoms with E-state index in [4.69, 9.17) is 4.74 Å². The fraction of sp³-hybridized carbons (Fsp3) is 0.529. The van der Waals surface area contributed by atoms with Crippen LogP contribution in [0.1, 0.15) is 38.3 Å². The molecule has 5 heteroatoms. The molecule has 0 aliphatic carbocycles. The summed E-state index contributed by atoms with van der Waals surface area (Å²) in [5.41, 5.74) is -0.118. The molecule has 1 saturated heterocycles. The van der Waals surface area contributed by atoms with Crippen molar-refractivity contribution in [3.63, 3.8) is 0 Å². The molecule has 1 heterocycles. The second-order valence-corrected chi connectivity index (χ2v) is 6.89. The van der Waals surface area contributed by atoms with Crippen LogP contribution in [0.15, 0.2) is 18.2 Å². The minimum absolute atomic E-state index is 0.260. The number of carbonyl (C=O) groups excluding carboxylic acids is 2. The Morgan fingerprint density at radius 2 is 2.09 bits per heavy atom. The highest BCUT2D eigenvalue weighted by Crippen LogP contribution is 2.34. The van der Waals surface area contributed by atoms with Gasteiger partial charge in [-0.3, -0.25) is 0 Å². The molecule has 0 saturated carbocycles. The lowest BCUT2D eigenvalue weighted by Gasteiger charge is -2.26. The fourth-order valence-corrected chi connectivity index (χ4v) is 2.67. The first-order valence-corrected chi connectivity index (χ1v) is 7.38. The minimum atomic E-state index is -0.782. The Bertz CT molecular complexity index is 594. The molecule has 1 aromatic carbocycles. The molecular weight excluding hydrogens is 285 g/mol. The Morgan fingerprint density at radius 1 is 1.41 bits per heavy atom. The van der Waals surface area contributed by atoms with Gasteiger partial charge in [-0.1, -0.05) is 12.1 Å². The van der Waals surface area contributed by atoms with Gasteiger partial charge in [0.2, 0.25) is 0 Å². The van der Waals surface area contributed by atoms with Crippen molar-refractivity contribution in [3.8, 4) is 0 Å². The maximum absolute atomic E-state index is 13.4. The number of nitrogens with zero attached hydrogens (tertiary/aromatic N) is 1. The third-order valence-electron chi connectivity index (χ3n) is 3.91. The summed E-state index contributed by atoms with van der Waals surface area (Å²) in [4.78, 5) is 25.4. The van der Waals surface area contributed by atoms with Crippen LogP contribution in [-0.2, 0) is 14.9 Å². The van der Waals surface area contributed by atoms with Crippen molar-refractivity contribution in [1.29, 1.82) is 0 Å². The first kappa shape index (κ1) is 16.5. The van der Waals surface area contributed by atoms with E-state index < -0.39 is 17.1 Å². The summed E-state index contributed by atoms with van der Waals surface area (Å²) in [7, 11) is 0. The third kappa shape index (κ3) is 3.29. The molecule has 1 atom stereocenters. The molecule has 4 nitrogen and oxygen atoms in total. The van der Waals surface area contributed by atoms with Crippen LogP contribution in [0.25, 0.3) is 0 Å². The zero-order valence-electron chi connectivity index (χ0n) is 13.5. The highest BCUT2D eigenvalue weighted by molar-refractivity contribution is 5.75. The van der Waals surface area contributed by atoms with Gasteiger partial charge in [0, 0.05) is 13.1 Å². The van der Waals surface area contributed by atoms with Crippen LogP contribution in [0.2, 0.25) is 0 Å².